The first kappa shape index (κ1) is 20.8. The van der Waals surface area contributed by atoms with Crippen LogP contribution in [0.15, 0.2) is 0 Å². The van der Waals surface area contributed by atoms with Crippen LogP contribution in [0.4, 0.5) is 22.0 Å². The maximum Gasteiger partial charge on any atom is 0.332 e. The van der Waals surface area contributed by atoms with Crippen LogP contribution in [0.3, 0.4) is 0 Å². The number of hydrogen-bond acceptors (Lipinski definition) is 5. The Morgan fingerprint density at radius 1 is 0.800 bits per heavy atom. The Morgan fingerprint density at radius 2 is 1.24 bits per heavy atom. The molecule has 10 heteroatoms. The third-order valence-corrected chi connectivity index (χ3v) is 2.70. The van der Waals surface area contributed by atoms with Gasteiger partial charge in [-0.25, -0.2) is 31.5 Å². The molecule has 0 amide bonds. The average Bonchev–Trinajstić information content (AvgIpc) is 2.56. The van der Waals surface area contributed by atoms with Gasteiger partial charge in [0.05, 0.1) is 12.2 Å². The molecule has 0 aliphatic rings. The highest BCUT2D eigenvalue weighted by atomic mass is 19.2. The van der Waals surface area contributed by atoms with E-state index in [1.54, 1.807) is 0 Å². The van der Waals surface area contributed by atoms with Crippen molar-refractivity contribution in [3.63, 3.8) is 0 Å². The summed E-state index contributed by atoms with van der Waals surface area (Å²) in [5, 5.41) is 0. The van der Waals surface area contributed by atoms with Crippen LogP contribution in [-0.4, -0.2) is 31.8 Å². The molecule has 0 aliphatic carbocycles. The van der Waals surface area contributed by atoms with Crippen molar-refractivity contribution in [3.8, 4) is 0 Å². The monoisotopic (exact) mass is 370 g/mol. The molecule has 0 bridgehead atoms. The Labute approximate surface area is 139 Å². The number of benzene rings is 1. The van der Waals surface area contributed by atoms with E-state index < -0.39 is 66.4 Å². The van der Waals surface area contributed by atoms with Crippen LogP contribution in [0.5, 0.6) is 0 Å². The highest BCUT2D eigenvalue weighted by Crippen LogP contribution is 2.23. The molecule has 140 valence electrons. The van der Waals surface area contributed by atoms with Gasteiger partial charge in [-0.05, 0) is 5.92 Å². The second kappa shape index (κ2) is 9.30. The minimum Gasteiger partial charge on any atom is -0.464 e. The second-order valence-electron chi connectivity index (χ2n) is 5.28. The molecule has 1 aromatic rings. The van der Waals surface area contributed by atoms with Crippen molar-refractivity contribution < 1.29 is 45.8 Å². The molecule has 0 radical (unpaired) electrons. The number of halogens is 5. The Bertz CT molecular complexity index is 619. The zero-order valence-corrected chi connectivity index (χ0v) is 13.3. The van der Waals surface area contributed by atoms with Crippen molar-refractivity contribution in [2.75, 3.05) is 19.8 Å². The summed E-state index contributed by atoms with van der Waals surface area (Å²) >= 11 is 0. The van der Waals surface area contributed by atoms with Crippen molar-refractivity contribution in [3.05, 3.63) is 34.6 Å². The lowest BCUT2D eigenvalue weighted by molar-refractivity contribution is -0.156. The lowest BCUT2D eigenvalue weighted by Crippen LogP contribution is -2.20. The first-order valence-corrected chi connectivity index (χ1v) is 7.04. The van der Waals surface area contributed by atoms with E-state index in [1.807, 2.05) is 13.8 Å². The van der Waals surface area contributed by atoms with Gasteiger partial charge in [0.2, 0.25) is 5.82 Å². The van der Waals surface area contributed by atoms with Crippen molar-refractivity contribution in [1.82, 2.24) is 0 Å². The number of hydrogen-bond donors (Lipinski definition) is 0. The van der Waals surface area contributed by atoms with Crippen LogP contribution in [0.2, 0.25) is 0 Å². The van der Waals surface area contributed by atoms with Gasteiger partial charge in [-0.15, -0.1) is 0 Å². The number of esters is 2. The van der Waals surface area contributed by atoms with Crippen LogP contribution in [0, 0.1) is 35.0 Å². The number of carbonyl (C=O) groups excluding carboxylic acids is 2. The van der Waals surface area contributed by atoms with Gasteiger partial charge in [0.25, 0.3) is 0 Å². The predicted molar refractivity (Wildman–Crippen MR) is 72.6 cm³/mol. The van der Waals surface area contributed by atoms with Crippen LogP contribution >= 0.6 is 0 Å². The maximum absolute atomic E-state index is 13.4. The molecule has 0 unspecified atom stereocenters. The fraction of sp³-hybridized carbons (Fsp3) is 0.467. The predicted octanol–water partition coefficient (Wildman–Crippen LogP) is 2.64. The van der Waals surface area contributed by atoms with Gasteiger partial charge in [-0.3, -0.25) is 0 Å². The summed E-state index contributed by atoms with van der Waals surface area (Å²) in [5.74, 6) is -12.6. The third-order valence-electron chi connectivity index (χ3n) is 2.70. The van der Waals surface area contributed by atoms with Gasteiger partial charge in [-0.1, -0.05) is 13.8 Å². The summed E-state index contributed by atoms with van der Waals surface area (Å²) in [7, 11) is 0. The quantitative estimate of drug-likeness (QED) is 0.305. The van der Waals surface area contributed by atoms with Crippen molar-refractivity contribution in [2.24, 2.45) is 5.92 Å². The van der Waals surface area contributed by atoms with Crippen LogP contribution in [0.1, 0.15) is 19.4 Å². The Morgan fingerprint density at radius 3 is 1.72 bits per heavy atom. The molecule has 5 nitrogen and oxygen atoms in total. The molecule has 1 rings (SSSR count). The van der Waals surface area contributed by atoms with E-state index >= 15 is 0 Å². The van der Waals surface area contributed by atoms with Crippen LogP contribution < -0.4 is 0 Å². The fourth-order valence-electron chi connectivity index (χ4n) is 1.49. The van der Waals surface area contributed by atoms with E-state index in [0.29, 0.717) is 0 Å². The van der Waals surface area contributed by atoms with E-state index in [0.717, 1.165) is 0 Å². The van der Waals surface area contributed by atoms with Gasteiger partial charge in [0, 0.05) is 0 Å². The highest BCUT2D eigenvalue weighted by molar-refractivity contribution is 5.73. The lowest BCUT2D eigenvalue weighted by atomic mass is 10.2. The Hall–Kier alpha value is -2.23. The molecule has 0 N–H and O–H groups in total. The first-order chi connectivity index (χ1) is 11.6. The smallest absolute Gasteiger partial charge is 0.332 e. The molecule has 25 heavy (non-hydrogen) atoms. The minimum absolute atomic E-state index is 0.107. The van der Waals surface area contributed by atoms with Gasteiger partial charge in [0.1, 0.15) is 19.8 Å². The molecule has 1 aromatic carbocycles. The van der Waals surface area contributed by atoms with E-state index in [1.165, 1.54) is 0 Å². The first-order valence-electron chi connectivity index (χ1n) is 7.04. The largest absolute Gasteiger partial charge is 0.464 e. The highest BCUT2D eigenvalue weighted by Gasteiger charge is 2.26. The molecule has 0 atom stereocenters. The molecule has 0 heterocycles. The summed E-state index contributed by atoms with van der Waals surface area (Å²) in [6.07, 6.45) is 0. The molecule has 0 aromatic heterocycles. The summed E-state index contributed by atoms with van der Waals surface area (Å²) < 4.78 is 79.3. The summed E-state index contributed by atoms with van der Waals surface area (Å²) in [5.41, 5.74) is -1.29. The molecule has 0 fully saturated rings. The van der Waals surface area contributed by atoms with Gasteiger partial charge < -0.3 is 14.2 Å². The number of rotatable bonds is 8. The van der Waals surface area contributed by atoms with E-state index in [9.17, 15) is 31.5 Å². The molecular formula is C15H15F5O5. The zero-order chi connectivity index (χ0) is 19.1. The van der Waals surface area contributed by atoms with Gasteiger partial charge >= 0.3 is 11.9 Å². The molecular weight excluding hydrogens is 355 g/mol. The maximum atomic E-state index is 13.4. The molecule has 0 spiro atoms. The standard InChI is InChI=1S/C15H15F5O5/c1-7(2)3-24-9(21)5-23-6-10(22)25-4-8-11(16)13(18)15(20)14(19)12(8)17/h7H,3-6H2,1-2H3. The summed E-state index contributed by atoms with van der Waals surface area (Å²) in [4.78, 5) is 22.5. The van der Waals surface area contributed by atoms with Crippen LogP contribution in [-0.2, 0) is 30.4 Å². The minimum atomic E-state index is -2.31. The number of carbonyl (C=O) groups is 2. The SMILES string of the molecule is CC(C)COC(=O)COCC(=O)OCc1c(F)c(F)c(F)c(F)c1F. The number of ether oxygens (including phenoxy) is 3. The van der Waals surface area contributed by atoms with E-state index in [2.05, 4.69) is 9.47 Å². The van der Waals surface area contributed by atoms with Crippen molar-refractivity contribution in [1.29, 1.82) is 0 Å². The lowest BCUT2D eigenvalue weighted by Gasteiger charge is -2.10. The van der Waals surface area contributed by atoms with Crippen molar-refractivity contribution in [2.45, 2.75) is 20.5 Å². The zero-order valence-electron chi connectivity index (χ0n) is 13.3. The van der Waals surface area contributed by atoms with Crippen LogP contribution in [0.25, 0.3) is 0 Å². The van der Waals surface area contributed by atoms with E-state index in [4.69, 9.17) is 4.74 Å². The normalized spacial score (nSPS) is 10.9. The molecule has 0 saturated carbocycles. The Kier molecular flexibility index (Phi) is 7.75. The second-order valence-corrected chi connectivity index (χ2v) is 5.28. The fourth-order valence-corrected chi connectivity index (χ4v) is 1.49. The molecule has 0 aliphatic heterocycles. The molecule has 0 saturated heterocycles. The van der Waals surface area contributed by atoms with E-state index in [-0.39, 0.29) is 12.5 Å². The summed E-state index contributed by atoms with van der Waals surface area (Å²) in [6.45, 7) is 1.25. The van der Waals surface area contributed by atoms with Crippen molar-refractivity contribution >= 4 is 11.9 Å². The average molecular weight is 370 g/mol. The van der Waals surface area contributed by atoms with Gasteiger partial charge in [-0.2, -0.15) is 0 Å². The van der Waals surface area contributed by atoms with Gasteiger partial charge in [0.15, 0.2) is 23.3 Å². The Balaban J connectivity index is 2.49. The summed E-state index contributed by atoms with van der Waals surface area (Å²) in [6, 6.07) is 0. The topological polar surface area (TPSA) is 61.8 Å². The third kappa shape index (κ3) is 5.96.